The van der Waals surface area contributed by atoms with Crippen LogP contribution in [-0.4, -0.2) is 63.9 Å². The van der Waals surface area contributed by atoms with Gasteiger partial charge >= 0.3 is 0 Å². The molecule has 0 aromatic heterocycles. The van der Waals surface area contributed by atoms with Crippen molar-refractivity contribution in [3.63, 3.8) is 0 Å². The Bertz CT molecular complexity index is 569. The smallest absolute Gasteiger partial charge is 0.191 e. The first-order valence-corrected chi connectivity index (χ1v) is 9.14. The van der Waals surface area contributed by atoms with Crippen LogP contribution in [0.15, 0.2) is 29.3 Å². The number of methoxy groups -OCH3 is 1. The predicted molar refractivity (Wildman–Crippen MR) is 100 cm³/mol. The van der Waals surface area contributed by atoms with Crippen LogP contribution in [0.2, 0.25) is 0 Å². The number of guanidine groups is 1. The second-order valence-electron chi connectivity index (χ2n) is 6.85. The van der Waals surface area contributed by atoms with Gasteiger partial charge in [-0.05, 0) is 30.0 Å². The van der Waals surface area contributed by atoms with Crippen LogP contribution in [0.4, 0.5) is 0 Å². The SMILES string of the molecule is CN=C(NCC(c1ccc(OC)cc1)N1CCOCC1)NC1CC1C. The van der Waals surface area contributed by atoms with Gasteiger partial charge in [0.1, 0.15) is 5.75 Å². The quantitative estimate of drug-likeness (QED) is 0.606. The van der Waals surface area contributed by atoms with Crippen molar-refractivity contribution >= 4 is 5.96 Å². The minimum atomic E-state index is 0.282. The van der Waals surface area contributed by atoms with E-state index < -0.39 is 0 Å². The third-order valence-electron chi connectivity index (χ3n) is 5.11. The molecular weight excluding hydrogens is 316 g/mol. The lowest BCUT2D eigenvalue weighted by atomic mass is 10.0. The molecule has 0 bridgehead atoms. The van der Waals surface area contributed by atoms with E-state index in [1.54, 1.807) is 7.11 Å². The van der Waals surface area contributed by atoms with Gasteiger partial charge in [-0.1, -0.05) is 19.1 Å². The summed E-state index contributed by atoms with van der Waals surface area (Å²) in [4.78, 5) is 6.85. The number of hydrogen-bond donors (Lipinski definition) is 2. The number of hydrogen-bond acceptors (Lipinski definition) is 4. The highest BCUT2D eigenvalue weighted by molar-refractivity contribution is 5.80. The van der Waals surface area contributed by atoms with Crippen molar-refractivity contribution in [2.24, 2.45) is 10.9 Å². The third kappa shape index (κ3) is 4.86. The summed E-state index contributed by atoms with van der Waals surface area (Å²) in [5, 5.41) is 7.01. The fourth-order valence-electron chi connectivity index (χ4n) is 3.26. The van der Waals surface area contributed by atoms with E-state index in [1.807, 2.05) is 19.2 Å². The maximum atomic E-state index is 5.52. The van der Waals surface area contributed by atoms with Gasteiger partial charge in [-0.15, -0.1) is 0 Å². The summed E-state index contributed by atoms with van der Waals surface area (Å²) < 4.78 is 10.8. The summed E-state index contributed by atoms with van der Waals surface area (Å²) in [5.41, 5.74) is 1.28. The van der Waals surface area contributed by atoms with E-state index in [0.717, 1.165) is 50.5 Å². The molecule has 1 saturated carbocycles. The Morgan fingerprint density at radius 2 is 2.00 bits per heavy atom. The van der Waals surface area contributed by atoms with Gasteiger partial charge in [0, 0.05) is 32.7 Å². The van der Waals surface area contributed by atoms with Crippen LogP contribution in [0, 0.1) is 5.92 Å². The van der Waals surface area contributed by atoms with Crippen LogP contribution in [0.3, 0.4) is 0 Å². The van der Waals surface area contributed by atoms with Crippen molar-refractivity contribution in [3.8, 4) is 5.75 Å². The molecule has 3 atom stereocenters. The summed E-state index contributed by atoms with van der Waals surface area (Å²) in [6, 6.07) is 9.21. The fourth-order valence-corrected chi connectivity index (χ4v) is 3.26. The van der Waals surface area contributed by atoms with Crippen molar-refractivity contribution in [2.45, 2.75) is 25.4 Å². The molecule has 0 radical (unpaired) electrons. The highest BCUT2D eigenvalue weighted by Gasteiger charge is 2.33. The summed E-state index contributed by atoms with van der Waals surface area (Å²) in [6.07, 6.45) is 1.23. The monoisotopic (exact) mass is 346 g/mol. The number of nitrogens with one attached hydrogen (secondary N) is 2. The molecule has 1 aromatic rings. The van der Waals surface area contributed by atoms with E-state index in [4.69, 9.17) is 9.47 Å². The molecule has 6 nitrogen and oxygen atoms in total. The van der Waals surface area contributed by atoms with Gasteiger partial charge in [0.05, 0.1) is 26.4 Å². The van der Waals surface area contributed by atoms with Crippen LogP contribution in [-0.2, 0) is 4.74 Å². The highest BCUT2D eigenvalue weighted by atomic mass is 16.5. The Labute approximate surface area is 150 Å². The molecular formula is C19H30N4O2. The van der Waals surface area contributed by atoms with Crippen molar-refractivity contribution in [1.82, 2.24) is 15.5 Å². The lowest BCUT2D eigenvalue weighted by molar-refractivity contribution is 0.0170. The molecule has 1 aliphatic carbocycles. The van der Waals surface area contributed by atoms with Gasteiger partial charge in [0.2, 0.25) is 0 Å². The van der Waals surface area contributed by atoms with Crippen LogP contribution >= 0.6 is 0 Å². The van der Waals surface area contributed by atoms with E-state index in [2.05, 4.69) is 39.6 Å². The predicted octanol–water partition coefficient (Wildman–Crippen LogP) is 1.64. The van der Waals surface area contributed by atoms with Crippen LogP contribution in [0.5, 0.6) is 5.75 Å². The van der Waals surface area contributed by atoms with Crippen molar-refractivity contribution in [3.05, 3.63) is 29.8 Å². The Morgan fingerprint density at radius 3 is 2.56 bits per heavy atom. The number of benzene rings is 1. The van der Waals surface area contributed by atoms with Gasteiger partial charge in [0.15, 0.2) is 5.96 Å². The first-order chi connectivity index (χ1) is 12.2. The number of morpholine rings is 1. The third-order valence-corrected chi connectivity index (χ3v) is 5.11. The fraction of sp³-hybridized carbons (Fsp3) is 0.632. The molecule has 2 fully saturated rings. The Kier molecular flexibility index (Phi) is 6.15. The molecule has 1 saturated heterocycles. The van der Waals surface area contributed by atoms with Crippen LogP contribution in [0.1, 0.15) is 24.9 Å². The summed E-state index contributed by atoms with van der Waals surface area (Å²) in [7, 11) is 3.53. The average molecular weight is 346 g/mol. The topological polar surface area (TPSA) is 58.1 Å². The number of nitrogens with zero attached hydrogens (tertiary/aromatic N) is 2. The maximum Gasteiger partial charge on any atom is 0.191 e. The zero-order valence-electron chi connectivity index (χ0n) is 15.5. The largest absolute Gasteiger partial charge is 0.497 e. The van der Waals surface area contributed by atoms with Crippen molar-refractivity contribution in [2.75, 3.05) is 47.0 Å². The lowest BCUT2D eigenvalue weighted by Crippen LogP contribution is -2.46. The van der Waals surface area contributed by atoms with Crippen LogP contribution in [0.25, 0.3) is 0 Å². The second-order valence-corrected chi connectivity index (χ2v) is 6.85. The molecule has 6 heteroatoms. The molecule has 2 aliphatic rings. The van der Waals surface area contributed by atoms with Crippen LogP contribution < -0.4 is 15.4 Å². The minimum Gasteiger partial charge on any atom is -0.497 e. The van der Waals surface area contributed by atoms with Crippen molar-refractivity contribution < 1.29 is 9.47 Å². The number of ether oxygens (including phenoxy) is 2. The van der Waals surface area contributed by atoms with E-state index in [-0.39, 0.29) is 6.04 Å². The number of aliphatic imine (C=N–C) groups is 1. The Balaban J connectivity index is 1.66. The highest BCUT2D eigenvalue weighted by Crippen LogP contribution is 2.29. The van der Waals surface area contributed by atoms with Gasteiger partial charge < -0.3 is 20.1 Å². The normalized spacial score (nSPS) is 25.3. The van der Waals surface area contributed by atoms with Gasteiger partial charge in [0.25, 0.3) is 0 Å². The van der Waals surface area contributed by atoms with E-state index in [0.29, 0.717) is 6.04 Å². The van der Waals surface area contributed by atoms with Crippen molar-refractivity contribution in [1.29, 1.82) is 0 Å². The first kappa shape index (κ1) is 18.0. The lowest BCUT2D eigenvalue weighted by Gasteiger charge is -2.35. The standard InChI is InChI=1S/C19H30N4O2/c1-14-12-17(14)22-19(20-2)21-13-18(23-8-10-25-11-9-23)15-4-6-16(24-3)7-5-15/h4-7,14,17-18H,8-13H2,1-3H3,(H2,20,21,22). The first-order valence-electron chi connectivity index (χ1n) is 9.14. The Morgan fingerprint density at radius 1 is 1.32 bits per heavy atom. The summed E-state index contributed by atoms with van der Waals surface area (Å²) in [5.74, 6) is 2.52. The Hall–Kier alpha value is -1.79. The average Bonchev–Trinajstić information content (AvgIpc) is 3.37. The molecule has 2 N–H and O–H groups in total. The molecule has 1 heterocycles. The zero-order chi connectivity index (χ0) is 17.6. The molecule has 3 rings (SSSR count). The molecule has 1 aromatic carbocycles. The molecule has 0 amide bonds. The molecule has 25 heavy (non-hydrogen) atoms. The van der Waals surface area contributed by atoms with Gasteiger partial charge in [-0.2, -0.15) is 0 Å². The number of rotatable bonds is 6. The van der Waals surface area contributed by atoms with E-state index in [1.165, 1.54) is 12.0 Å². The summed E-state index contributed by atoms with van der Waals surface area (Å²) in [6.45, 7) is 6.55. The molecule has 3 unspecified atom stereocenters. The van der Waals surface area contributed by atoms with Gasteiger partial charge in [-0.25, -0.2) is 0 Å². The minimum absolute atomic E-state index is 0.282. The van der Waals surface area contributed by atoms with E-state index in [9.17, 15) is 0 Å². The molecule has 0 spiro atoms. The maximum absolute atomic E-state index is 5.52. The summed E-state index contributed by atoms with van der Waals surface area (Å²) >= 11 is 0. The second kappa shape index (κ2) is 8.54. The zero-order valence-corrected chi connectivity index (χ0v) is 15.5. The van der Waals surface area contributed by atoms with Gasteiger partial charge in [-0.3, -0.25) is 9.89 Å². The molecule has 138 valence electrons. The van der Waals surface area contributed by atoms with E-state index >= 15 is 0 Å². The molecule has 1 aliphatic heterocycles.